The zero-order chi connectivity index (χ0) is 28.9. The lowest BCUT2D eigenvalue weighted by Crippen LogP contribution is -2.37. The maximum Gasteiger partial charge on any atom is 0.269 e. The largest absolute Gasteiger partial charge is 0.457 e. The Morgan fingerprint density at radius 2 is 1.85 bits per heavy atom. The van der Waals surface area contributed by atoms with Crippen molar-refractivity contribution < 1.29 is 19.1 Å². The Morgan fingerprint density at radius 1 is 1.05 bits per heavy atom. The number of fused-ring (bicyclic) bond motifs is 1. The molecule has 1 aliphatic heterocycles. The van der Waals surface area contributed by atoms with E-state index in [-0.39, 0.29) is 29.3 Å². The van der Waals surface area contributed by atoms with Gasteiger partial charge in [0.15, 0.2) is 0 Å². The third-order valence-corrected chi connectivity index (χ3v) is 6.32. The van der Waals surface area contributed by atoms with Crippen LogP contribution in [0.15, 0.2) is 85.7 Å². The number of rotatable bonds is 8. The lowest BCUT2D eigenvalue weighted by molar-refractivity contribution is -0.121. The summed E-state index contributed by atoms with van der Waals surface area (Å²) >= 11 is 0. The third kappa shape index (κ3) is 6.04. The minimum Gasteiger partial charge on any atom is -0.457 e. The van der Waals surface area contributed by atoms with Crippen LogP contribution >= 0.6 is 0 Å². The van der Waals surface area contributed by atoms with Gasteiger partial charge in [-0.05, 0) is 61.0 Å². The van der Waals surface area contributed by atoms with E-state index < -0.39 is 0 Å². The number of carbonyl (C=O) groups is 3. The molecule has 1 unspecified atom stereocenters. The SMILES string of the molecule is C=CC(=O)Nc1cccc(N2C(=O)C(C)Cc3cnc(Nc4ccc(Oc5ccnc(C(=O)NC)c5)cc4)nc32)c1. The summed E-state index contributed by atoms with van der Waals surface area (Å²) < 4.78 is 5.86. The number of carbonyl (C=O) groups excluding carboxylic acids is 3. The zero-order valence-electron chi connectivity index (χ0n) is 22.4. The van der Waals surface area contributed by atoms with Crippen molar-refractivity contribution in [3.05, 3.63) is 97.0 Å². The van der Waals surface area contributed by atoms with Crippen LogP contribution in [-0.2, 0) is 16.0 Å². The summed E-state index contributed by atoms with van der Waals surface area (Å²) in [5.74, 6) is 0.799. The van der Waals surface area contributed by atoms with Gasteiger partial charge >= 0.3 is 0 Å². The fraction of sp³-hybridized carbons (Fsp3) is 0.133. The van der Waals surface area contributed by atoms with Crippen LogP contribution in [-0.4, -0.2) is 39.7 Å². The molecule has 0 fully saturated rings. The molecule has 2 aromatic heterocycles. The van der Waals surface area contributed by atoms with E-state index in [0.29, 0.717) is 46.7 Å². The van der Waals surface area contributed by atoms with Crippen LogP contribution < -0.4 is 25.6 Å². The predicted molar refractivity (Wildman–Crippen MR) is 155 cm³/mol. The molecule has 0 bridgehead atoms. The molecule has 11 heteroatoms. The number of benzene rings is 2. The summed E-state index contributed by atoms with van der Waals surface area (Å²) in [5, 5.41) is 8.43. The lowest BCUT2D eigenvalue weighted by Gasteiger charge is -2.32. The molecule has 206 valence electrons. The van der Waals surface area contributed by atoms with Crippen molar-refractivity contribution >= 4 is 46.5 Å². The van der Waals surface area contributed by atoms with Gasteiger partial charge in [0.25, 0.3) is 5.91 Å². The van der Waals surface area contributed by atoms with Gasteiger partial charge in [0, 0.05) is 48.4 Å². The summed E-state index contributed by atoms with van der Waals surface area (Å²) in [7, 11) is 1.54. The molecule has 0 aliphatic carbocycles. The molecule has 0 radical (unpaired) electrons. The summed E-state index contributed by atoms with van der Waals surface area (Å²) in [6, 6.07) is 17.4. The molecular weight excluding hydrogens is 522 g/mol. The maximum atomic E-state index is 13.3. The van der Waals surface area contributed by atoms with Crippen LogP contribution in [0.4, 0.5) is 28.8 Å². The van der Waals surface area contributed by atoms with Crippen LogP contribution in [0.3, 0.4) is 0 Å². The number of nitrogens with zero attached hydrogens (tertiary/aromatic N) is 4. The molecule has 4 aromatic rings. The highest BCUT2D eigenvalue weighted by molar-refractivity contribution is 6.04. The lowest BCUT2D eigenvalue weighted by atomic mass is 9.96. The minimum absolute atomic E-state index is 0.105. The molecular formula is C30H27N7O4. The van der Waals surface area contributed by atoms with Gasteiger partial charge in [-0.25, -0.2) is 4.98 Å². The first-order chi connectivity index (χ1) is 19.8. The molecule has 1 aliphatic rings. The second kappa shape index (κ2) is 11.7. The number of aromatic nitrogens is 3. The number of pyridine rings is 1. The molecule has 11 nitrogen and oxygen atoms in total. The first-order valence-electron chi connectivity index (χ1n) is 12.8. The highest BCUT2D eigenvalue weighted by Crippen LogP contribution is 2.36. The van der Waals surface area contributed by atoms with E-state index in [2.05, 4.69) is 37.5 Å². The second-order valence-electron chi connectivity index (χ2n) is 9.27. The maximum absolute atomic E-state index is 13.3. The molecule has 5 rings (SSSR count). The summed E-state index contributed by atoms with van der Waals surface area (Å²) in [5.41, 5.74) is 2.90. The van der Waals surface area contributed by atoms with Gasteiger partial charge in [0.05, 0.1) is 5.69 Å². The zero-order valence-corrected chi connectivity index (χ0v) is 22.4. The van der Waals surface area contributed by atoms with Gasteiger partial charge in [-0.2, -0.15) is 4.98 Å². The summed E-state index contributed by atoms with van der Waals surface area (Å²) in [6.07, 6.45) is 4.92. The van der Waals surface area contributed by atoms with E-state index >= 15 is 0 Å². The van der Waals surface area contributed by atoms with Crippen molar-refractivity contribution in [1.82, 2.24) is 20.3 Å². The smallest absolute Gasteiger partial charge is 0.269 e. The number of hydrogen-bond donors (Lipinski definition) is 3. The fourth-order valence-electron chi connectivity index (χ4n) is 4.30. The average molecular weight is 550 g/mol. The van der Waals surface area contributed by atoms with Gasteiger partial charge in [-0.1, -0.05) is 19.6 Å². The van der Waals surface area contributed by atoms with Gasteiger partial charge in [-0.3, -0.25) is 24.3 Å². The molecule has 3 heterocycles. The van der Waals surface area contributed by atoms with E-state index in [1.165, 1.54) is 19.3 Å². The molecule has 3 N–H and O–H groups in total. The first kappa shape index (κ1) is 27.0. The minimum atomic E-state index is -0.347. The number of amides is 3. The van der Waals surface area contributed by atoms with Crippen molar-refractivity contribution in [2.45, 2.75) is 13.3 Å². The molecule has 3 amide bonds. The Labute approximate surface area is 236 Å². The van der Waals surface area contributed by atoms with Crippen LogP contribution in [0, 0.1) is 5.92 Å². The normalized spacial score (nSPS) is 14.0. The molecule has 0 saturated carbocycles. The van der Waals surface area contributed by atoms with E-state index in [1.807, 2.05) is 6.92 Å². The van der Waals surface area contributed by atoms with Gasteiger partial charge in [-0.15, -0.1) is 0 Å². The average Bonchev–Trinajstić information content (AvgIpc) is 2.99. The van der Waals surface area contributed by atoms with E-state index in [4.69, 9.17) is 4.74 Å². The number of ether oxygens (including phenoxy) is 1. The van der Waals surface area contributed by atoms with E-state index in [1.54, 1.807) is 71.8 Å². The third-order valence-electron chi connectivity index (χ3n) is 6.32. The van der Waals surface area contributed by atoms with Gasteiger partial charge < -0.3 is 20.7 Å². The molecule has 2 aromatic carbocycles. The van der Waals surface area contributed by atoms with Gasteiger partial charge in [0.2, 0.25) is 17.8 Å². The van der Waals surface area contributed by atoms with Crippen molar-refractivity contribution in [3.8, 4) is 11.5 Å². The Balaban J connectivity index is 1.36. The monoisotopic (exact) mass is 549 g/mol. The van der Waals surface area contributed by atoms with Gasteiger partial charge in [0.1, 0.15) is 23.0 Å². The molecule has 41 heavy (non-hydrogen) atoms. The number of nitrogens with one attached hydrogen (secondary N) is 3. The van der Waals surface area contributed by atoms with Crippen LogP contribution in [0.5, 0.6) is 11.5 Å². The van der Waals surface area contributed by atoms with Crippen molar-refractivity contribution in [3.63, 3.8) is 0 Å². The van der Waals surface area contributed by atoms with Crippen LogP contribution in [0.25, 0.3) is 0 Å². The van der Waals surface area contributed by atoms with Crippen molar-refractivity contribution in [2.24, 2.45) is 5.92 Å². The predicted octanol–water partition coefficient (Wildman–Crippen LogP) is 4.75. The van der Waals surface area contributed by atoms with Crippen molar-refractivity contribution in [1.29, 1.82) is 0 Å². The Bertz CT molecular complexity index is 1640. The topological polar surface area (TPSA) is 138 Å². The summed E-state index contributed by atoms with van der Waals surface area (Å²) in [4.78, 5) is 51.7. The Morgan fingerprint density at radius 3 is 2.61 bits per heavy atom. The second-order valence-corrected chi connectivity index (χ2v) is 9.27. The van der Waals surface area contributed by atoms with E-state index in [0.717, 1.165) is 5.56 Å². The molecule has 0 saturated heterocycles. The molecule has 0 spiro atoms. The number of anilines is 5. The fourth-order valence-corrected chi connectivity index (χ4v) is 4.30. The Hall–Kier alpha value is -5.58. The Kier molecular flexibility index (Phi) is 7.68. The highest BCUT2D eigenvalue weighted by Gasteiger charge is 2.33. The standard InChI is InChI=1S/C30H27N7O4/c1-4-26(38)34-21-6-5-7-22(15-21)37-27-19(14-18(2)29(37)40)17-33-30(36-27)35-20-8-10-23(11-9-20)41-24-12-13-32-25(16-24)28(39)31-3/h4-13,15-18H,1,14H2,2-3H3,(H,31,39)(H,34,38)(H,33,35,36). The quantitative estimate of drug-likeness (QED) is 0.268. The van der Waals surface area contributed by atoms with Crippen molar-refractivity contribution in [2.75, 3.05) is 22.6 Å². The van der Waals surface area contributed by atoms with Crippen LogP contribution in [0.2, 0.25) is 0 Å². The first-order valence-corrected chi connectivity index (χ1v) is 12.8. The summed E-state index contributed by atoms with van der Waals surface area (Å²) in [6.45, 7) is 5.34. The van der Waals surface area contributed by atoms with E-state index in [9.17, 15) is 14.4 Å². The number of hydrogen-bond acceptors (Lipinski definition) is 8. The molecule has 1 atom stereocenters. The van der Waals surface area contributed by atoms with Crippen LogP contribution in [0.1, 0.15) is 23.0 Å². The highest BCUT2D eigenvalue weighted by atomic mass is 16.5.